The minimum absolute atomic E-state index is 0.00985. The Morgan fingerprint density at radius 2 is 1.85 bits per heavy atom. The minimum Gasteiger partial charge on any atom is -0.491 e. The summed E-state index contributed by atoms with van der Waals surface area (Å²) in [5.74, 6) is 0.429. The van der Waals surface area contributed by atoms with Crippen LogP contribution >= 0.6 is 0 Å². The number of alkyl halides is 3. The highest BCUT2D eigenvalue weighted by molar-refractivity contribution is 5.28. The largest absolute Gasteiger partial charge is 0.491 e. The van der Waals surface area contributed by atoms with Gasteiger partial charge >= 0.3 is 6.18 Å². The third kappa shape index (κ3) is 4.11. The number of hydrogen-bond donors (Lipinski definition) is 1. The van der Waals surface area contributed by atoms with Crippen molar-refractivity contribution in [3.05, 3.63) is 29.8 Å². The van der Waals surface area contributed by atoms with E-state index in [4.69, 9.17) is 9.47 Å². The van der Waals surface area contributed by atoms with Crippen LogP contribution in [-0.2, 0) is 10.9 Å². The van der Waals surface area contributed by atoms with E-state index in [0.29, 0.717) is 12.4 Å². The van der Waals surface area contributed by atoms with E-state index in [-0.39, 0.29) is 12.2 Å². The Morgan fingerprint density at radius 1 is 1.20 bits per heavy atom. The van der Waals surface area contributed by atoms with E-state index in [9.17, 15) is 13.2 Å². The Balaban J connectivity index is 1.80. The van der Waals surface area contributed by atoms with Gasteiger partial charge in [0.05, 0.1) is 17.8 Å². The Hall–Kier alpha value is -1.27. The van der Waals surface area contributed by atoms with Gasteiger partial charge in [-0.1, -0.05) is 0 Å². The van der Waals surface area contributed by atoms with Gasteiger partial charge in [0.15, 0.2) is 0 Å². The lowest BCUT2D eigenvalue weighted by Crippen LogP contribution is -2.25. The molecule has 1 aromatic rings. The second kappa shape index (κ2) is 6.45. The van der Waals surface area contributed by atoms with Crippen LogP contribution in [0.4, 0.5) is 13.2 Å². The molecule has 112 valence electrons. The summed E-state index contributed by atoms with van der Waals surface area (Å²) in [5, 5.41) is 3.05. The summed E-state index contributed by atoms with van der Waals surface area (Å²) < 4.78 is 48.4. The fourth-order valence-corrected chi connectivity index (χ4v) is 2.21. The molecule has 0 aliphatic carbocycles. The van der Waals surface area contributed by atoms with Crippen LogP contribution in [0.1, 0.15) is 18.4 Å². The predicted octanol–water partition coefficient (Wildman–Crippen LogP) is 2.85. The molecule has 2 rings (SSSR count). The first-order valence-corrected chi connectivity index (χ1v) is 6.59. The normalized spacial score (nSPS) is 23.0. The Bertz CT molecular complexity index is 419. The lowest BCUT2D eigenvalue weighted by molar-refractivity contribution is -0.137. The number of likely N-dealkylation sites (N-methyl/N-ethyl adjacent to an activating group) is 1. The predicted molar refractivity (Wildman–Crippen MR) is 68.8 cm³/mol. The van der Waals surface area contributed by atoms with Crippen molar-refractivity contribution in [2.45, 2.75) is 31.2 Å². The maximum Gasteiger partial charge on any atom is 0.416 e. The van der Waals surface area contributed by atoms with Crippen molar-refractivity contribution < 1.29 is 22.6 Å². The summed E-state index contributed by atoms with van der Waals surface area (Å²) >= 11 is 0. The Morgan fingerprint density at radius 3 is 2.45 bits per heavy atom. The van der Waals surface area contributed by atoms with Gasteiger partial charge in [-0.2, -0.15) is 13.2 Å². The molecule has 3 nitrogen and oxygen atoms in total. The number of hydrogen-bond acceptors (Lipinski definition) is 3. The first-order chi connectivity index (χ1) is 9.49. The van der Waals surface area contributed by atoms with Crippen molar-refractivity contribution in [2.24, 2.45) is 0 Å². The van der Waals surface area contributed by atoms with Gasteiger partial charge in [-0.3, -0.25) is 0 Å². The average Bonchev–Trinajstić information content (AvgIpc) is 2.84. The Labute approximate surface area is 116 Å². The van der Waals surface area contributed by atoms with Crippen molar-refractivity contribution in [1.82, 2.24) is 5.32 Å². The van der Waals surface area contributed by atoms with Crippen LogP contribution in [0, 0.1) is 0 Å². The van der Waals surface area contributed by atoms with Crippen molar-refractivity contribution >= 4 is 0 Å². The van der Waals surface area contributed by atoms with Gasteiger partial charge in [-0.25, -0.2) is 0 Å². The van der Waals surface area contributed by atoms with Crippen LogP contribution in [0.3, 0.4) is 0 Å². The molecule has 0 radical (unpaired) electrons. The van der Waals surface area contributed by atoms with Crippen molar-refractivity contribution in [3.8, 4) is 5.75 Å². The average molecular weight is 289 g/mol. The zero-order valence-corrected chi connectivity index (χ0v) is 11.2. The van der Waals surface area contributed by atoms with E-state index in [0.717, 1.165) is 31.5 Å². The number of ether oxygens (including phenoxy) is 2. The molecule has 1 saturated heterocycles. The van der Waals surface area contributed by atoms with Crippen LogP contribution in [0.5, 0.6) is 5.75 Å². The molecule has 1 fully saturated rings. The van der Waals surface area contributed by atoms with E-state index in [2.05, 4.69) is 5.32 Å². The zero-order valence-electron chi connectivity index (χ0n) is 11.2. The van der Waals surface area contributed by atoms with Crippen LogP contribution in [0.25, 0.3) is 0 Å². The molecule has 0 saturated carbocycles. The van der Waals surface area contributed by atoms with E-state index < -0.39 is 11.7 Å². The van der Waals surface area contributed by atoms with Gasteiger partial charge in [0.1, 0.15) is 12.4 Å². The van der Waals surface area contributed by atoms with E-state index in [1.165, 1.54) is 12.1 Å². The molecular weight excluding hydrogens is 271 g/mol. The molecule has 1 aromatic carbocycles. The van der Waals surface area contributed by atoms with Gasteiger partial charge < -0.3 is 14.8 Å². The summed E-state index contributed by atoms with van der Waals surface area (Å²) in [7, 11) is 1.87. The molecule has 1 heterocycles. The third-order valence-corrected chi connectivity index (χ3v) is 3.24. The molecule has 0 bridgehead atoms. The molecule has 1 aliphatic heterocycles. The van der Waals surface area contributed by atoms with Gasteiger partial charge in [0.2, 0.25) is 0 Å². The number of rotatable bonds is 5. The first kappa shape index (κ1) is 15.1. The monoisotopic (exact) mass is 289 g/mol. The molecular formula is C14H18F3NO2. The smallest absolute Gasteiger partial charge is 0.416 e. The summed E-state index contributed by atoms with van der Waals surface area (Å²) in [6, 6.07) is 4.72. The van der Waals surface area contributed by atoms with Gasteiger partial charge in [0.25, 0.3) is 0 Å². The topological polar surface area (TPSA) is 30.5 Å². The third-order valence-electron chi connectivity index (χ3n) is 3.24. The molecule has 1 aliphatic rings. The SMILES string of the molecule is CNCC1CCC(COc2ccc(C(F)(F)F)cc2)O1. The summed E-state index contributed by atoms with van der Waals surface area (Å²) in [6.45, 7) is 1.17. The molecule has 0 amide bonds. The van der Waals surface area contributed by atoms with Crippen molar-refractivity contribution in [1.29, 1.82) is 0 Å². The number of halogens is 3. The van der Waals surface area contributed by atoms with Crippen LogP contribution < -0.4 is 10.1 Å². The summed E-state index contributed by atoms with van der Waals surface area (Å²) in [6.07, 6.45) is -2.22. The van der Waals surface area contributed by atoms with E-state index in [1.807, 2.05) is 7.05 Å². The highest BCUT2D eigenvalue weighted by Crippen LogP contribution is 2.30. The summed E-state index contributed by atoms with van der Waals surface area (Å²) in [5.41, 5.74) is -0.670. The van der Waals surface area contributed by atoms with Crippen LogP contribution in [0.15, 0.2) is 24.3 Å². The van der Waals surface area contributed by atoms with Crippen LogP contribution in [-0.4, -0.2) is 32.4 Å². The second-order valence-corrected chi connectivity index (χ2v) is 4.85. The quantitative estimate of drug-likeness (QED) is 0.904. The Kier molecular flexibility index (Phi) is 4.88. The fraction of sp³-hybridized carbons (Fsp3) is 0.571. The highest BCUT2D eigenvalue weighted by atomic mass is 19.4. The molecule has 1 N–H and O–H groups in total. The highest BCUT2D eigenvalue weighted by Gasteiger charge is 2.30. The number of benzene rings is 1. The zero-order chi connectivity index (χ0) is 14.6. The lowest BCUT2D eigenvalue weighted by atomic mass is 10.2. The molecule has 20 heavy (non-hydrogen) atoms. The van der Waals surface area contributed by atoms with Crippen LogP contribution in [0.2, 0.25) is 0 Å². The summed E-state index contributed by atoms with van der Waals surface area (Å²) in [4.78, 5) is 0. The van der Waals surface area contributed by atoms with Gasteiger partial charge in [-0.05, 0) is 44.2 Å². The molecule has 2 atom stereocenters. The fourth-order valence-electron chi connectivity index (χ4n) is 2.21. The first-order valence-electron chi connectivity index (χ1n) is 6.59. The lowest BCUT2D eigenvalue weighted by Gasteiger charge is -2.15. The second-order valence-electron chi connectivity index (χ2n) is 4.85. The maximum absolute atomic E-state index is 12.4. The molecule has 2 unspecified atom stereocenters. The van der Waals surface area contributed by atoms with Crippen molar-refractivity contribution in [2.75, 3.05) is 20.2 Å². The van der Waals surface area contributed by atoms with E-state index in [1.54, 1.807) is 0 Å². The maximum atomic E-state index is 12.4. The molecule has 6 heteroatoms. The number of nitrogens with one attached hydrogen (secondary N) is 1. The van der Waals surface area contributed by atoms with E-state index >= 15 is 0 Å². The van der Waals surface area contributed by atoms with Gasteiger partial charge in [-0.15, -0.1) is 0 Å². The standard InChI is InChI=1S/C14H18F3NO2/c1-18-8-12-6-7-13(20-12)9-19-11-4-2-10(3-5-11)14(15,16)17/h2-5,12-13,18H,6-9H2,1H3. The molecule has 0 aromatic heterocycles. The van der Waals surface area contributed by atoms with Crippen molar-refractivity contribution in [3.63, 3.8) is 0 Å². The van der Waals surface area contributed by atoms with Gasteiger partial charge in [0, 0.05) is 6.54 Å². The molecule has 0 spiro atoms. The minimum atomic E-state index is -4.31.